The molecule has 1 fully saturated rings. The predicted molar refractivity (Wildman–Crippen MR) is 74.2 cm³/mol. The van der Waals surface area contributed by atoms with Gasteiger partial charge in [0.1, 0.15) is 5.82 Å². The van der Waals surface area contributed by atoms with Crippen LogP contribution in [0.15, 0.2) is 0 Å². The summed E-state index contributed by atoms with van der Waals surface area (Å²) in [5, 5.41) is 13.9. The number of aromatic nitrogens is 3. The fourth-order valence-electron chi connectivity index (χ4n) is 3.28. The molecule has 2 aliphatic rings. The van der Waals surface area contributed by atoms with Gasteiger partial charge in [0.25, 0.3) is 0 Å². The lowest BCUT2D eigenvalue weighted by Crippen LogP contribution is -2.26. The van der Waals surface area contributed by atoms with E-state index in [1.165, 1.54) is 0 Å². The van der Waals surface area contributed by atoms with E-state index in [9.17, 15) is 13.5 Å². The maximum atomic E-state index is 11.7. The molecule has 6 nitrogen and oxygen atoms in total. The molecule has 2 aliphatic heterocycles. The maximum absolute atomic E-state index is 11.7. The first-order valence-electron chi connectivity index (χ1n) is 7.32. The average Bonchev–Trinajstić information content (AvgIpc) is 2.79. The second kappa shape index (κ2) is 5.44. The Morgan fingerprint density at radius 3 is 2.90 bits per heavy atom. The summed E-state index contributed by atoms with van der Waals surface area (Å²) in [6.07, 6.45) is 4.29. The summed E-state index contributed by atoms with van der Waals surface area (Å²) >= 11 is 0. The van der Waals surface area contributed by atoms with Gasteiger partial charge in [0.15, 0.2) is 15.7 Å². The number of rotatable bonds is 3. The van der Waals surface area contributed by atoms with E-state index in [0.717, 1.165) is 43.9 Å². The molecule has 0 saturated carbocycles. The van der Waals surface area contributed by atoms with Crippen LogP contribution in [0.1, 0.15) is 43.3 Å². The van der Waals surface area contributed by atoms with Gasteiger partial charge >= 0.3 is 0 Å². The van der Waals surface area contributed by atoms with Gasteiger partial charge in [-0.25, -0.2) is 18.1 Å². The lowest BCUT2D eigenvalue weighted by Gasteiger charge is -2.20. The smallest absolute Gasteiger partial charge is 0.151 e. The fourth-order valence-corrected chi connectivity index (χ4v) is 5.06. The van der Waals surface area contributed by atoms with E-state index in [1.54, 1.807) is 0 Å². The van der Waals surface area contributed by atoms with Gasteiger partial charge in [0.05, 0.1) is 18.1 Å². The number of aryl methyl sites for hydroxylation is 1. The molecule has 3 heterocycles. The number of hydrogen-bond donors (Lipinski definition) is 1. The van der Waals surface area contributed by atoms with Gasteiger partial charge in [0, 0.05) is 18.9 Å². The first kappa shape index (κ1) is 14.0. The zero-order chi connectivity index (χ0) is 14.2. The van der Waals surface area contributed by atoms with Crippen LogP contribution in [0.5, 0.6) is 0 Å². The predicted octanol–water partition coefficient (Wildman–Crippen LogP) is 0.515. The van der Waals surface area contributed by atoms with Crippen molar-refractivity contribution in [3.05, 3.63) is 11.6 Å². The highest BCUT2D eigenvalue weighted by atomic mass is 32.2. The first-order valence-corrected chi connectivity index (χ1v) is 9.14. The SMILES string of the molecule is O=S1(=O)CCCC(Cc2nc3n(n2)CCCC3CO)C1. The van der Waals surface area contributed by atoms with Crippen LogP contribution in [-0.4, -0.2) is 46.4 Å². The van der Waals surface area contributed by atoms with Gasteiger partial charge in [-0.3, -0.25) is 0 Å². The van der Waals surface area contributed by atoms with Crippen LogP contribution >= 0.6 is 0 Å². The molecule has 0 bridgehead atoms. The van der Waals surface area contributed by atoms with Crippen LogP contribution in [0.4, 0.5) is 0 Å². The van der Waals surface area contributed by atoms with Gasteiger partial charge in [-0.2, -0.15) is 5.10 Å². The summed E-state index contributed by atoms with van der Waals surface area (Å²) in [5.41, 5.74) is 0. The summed E-state index contributed by atoms with van der Waals surface area (Å²) in [7, 11) is -2.87. The van der Waals surface area contributed by atoms with E-state index in [-0.39, 0.29) is 24.2 Å². The number of aliphatic hydroxyl groups excluding tert-OH is 1. The van der Waals surface area contributed by atoms with Crippen LogP contribution < -0.4 is 0 Å². The van der Waals surface area contributed by atoms with E-state index in [0.29, 0.717) is 12.2 Å². The van der Waals surface area contributed by atoms with Crippen molar-refractivity contribution in [3.63, 3.8) is 0 Å². The molecular weight excluding hydrogens is 278 g/mol. The Balaban J connectivity index is 1.74. The minimum atomic E-state index is -2.87. The van der Waals surface area contributed by atoms with Crippen molar-refractivity contribution in [1.29, 1.82) is 0 Å². The third-order valence-corrected chi connectivity index (χ3v) is 6.17. The van der Waals surface area contributed by atoms with Gasteiger partial charge in [-0.1, -0.05) is 0 Å². The largest absolute Gasteiger partial charge is 0.396 e. The van der Waals surface area contributed by atoms with E-state index >= 15 is 0 Å². The molecule has 2 unspecified atom stereocenters. The lowest BCUT2D eigenvalue weighted by molar-refractivity contribution is 0.234. The second-order valence-corrected chi connectivity index (χ2v) is 8.19. The van der Waals surface area contributed by atoms with Gasteiger partial charge in [-0.15, -0.1) is 0 Å². The molecule has 7 heteroatoms. The summed E-state index contributed by atoms with van der Waals surface area (Å²) in [6.45, 7) is 0.956. The molecule has 1 N–H and O–H groups in total. The van der Waals surface area contributed by atoms with Gasteiger partial charge < -0.3 is 5.11 Å². The summed E-state index contributed by atoms with van der Waals surface area (Å²) in [6, 6.07) is 0. The Hall–Kier alpha value is -0.950. The molecule has 0 aromatic carbocycles. The molecular formula is C13H21N3O3S. The highest BCUT2D eigenvalue weighted by Gasteiger charge is 2.28. The molecule has 0 spiro atoms. The minimum absolute atomic E-state index is 0.0834. The molecule has 0 aliphatic carbocycles. The Labute approximate surface area is 119 Å². The zero-order valence-electron chi connectivity index (χ0n) is 11.5. The van der Waals surface area contributed by atoms with Gasteiger partial charge in [0.2, 0.25) is 0 Å². The molecule has 1 saturated heterocycles. The molecule has 2 atom stereocenters. The standard InChI is InChI=1S/C13H21N3O3S/c17-8-11-4-1-5-16-13(11)14-12(15-16)7-10-3-2-6-20(18,19)9-10/h10-11,17H,1-9H2. The Morgan fingerprint density at radius 2 is 2.15 bits per heavy atom. The third kappa shape index (κ3) is 2.88. The van der Waals surface area contributed by atoms with E-state index in [1.807, 2.05) is 4.68 Å². The summed E-state index contributed by atoms with van der Waals surface area (Å²) in [5.74, 6) is 2.42. The highest BCUT2D eigenvalue weighted by molar-refractivity contribution is 7.91. The van der Waals surface area contributed by atoms with Crippen molar-refractivity contribution < 1.29 is 13.5 Å². The molecule has 3 rings (SSSR count). The number of aliphatic hydroxyl groups is 1. The minimum Gasteiger partial charge on any atom is -0.396 e. The van der Waals surface area contributed by atoms with E-state index in [2.05, 4.69) is 10.1 Å². The Morgan fingerprint density at radius 1 is 1.30 bits per heavy atom. The summed E-state index contributed by atoms with van der Waals surface area (Å²) < 4.78 is 25.2. The molecule has 20 heavy (non-hydrogen) atoms. The topological polar surface area (TPSA) is 85.1 Å². The van der Waals surface area contributed by atoms with E-state index < -0.39 is 9.84 Å². The number of hydrogen-bond acceptors (Lipinski definition) is 5. The molecule has 1 aromatic heterocycles. The van der Waals surface area contributed by atoms with Crippen molar-refractivity contribution >= 4 is 9.84 Å². The number of nitrogens with zero attached hydrogens (tertiary/aromatic N) is 3. The van der Waals surface area contributed by atoms with Crippen molar-refractivity contribution in [1.82, 2.24) is 14.8 Å². The van der Waals surface area contributed by atoms with Crippen molar-refractivity contribution in [2.45, 2.75) is 44.6 Å². The van der Waals surface area contributed by atoms with Crippen molar-refractivity contribution in [3.8, 4) is 0 Å². The van der Waals surface area contributed by atoms with Crippen molar-refractivity contribution in [2.75, 3.05) is 18.1 Å². The molecule has 0 amide bonds. The van der Waals surface area contributed by atoms with Crippen LogP contribution in [-0.2, 0) is 22.8 Å². The summed E-state index contributed by atoms with van der Waals surface area (Å²) in [4.78, 5) is 4.54. The Bertz CT molecular complexity index is 582. The van der Waals surface area contributed by atoms with Crippen LogP contribution in [0, 0.1) is 5.92 Å². The Kier molecular flexibility index (Phi) is 3.81. The molecule has 0 radical (unpaired) electrons. The van der Waals surface area contributed by atoms with Crippen LogP contribution in [0.3, 0.4) is 0 Å². The quantitative estimate of drug-likeness (QED) is 0.879. The van der Waals surface area contributed by atoms with E-state index in [4.69, 9.17) is 0 Å². The monoisotopic (exact) mass is 299 g/mol. The highest BCUT2D eigenvalue weighted by Crippen LogP contribution is 2.26. The average molecular weight is 299 g/mol. The number of fused-ring (bicyclic) bond motifs is 1. The first-order chi connectivity index (χ1) is 9.57. The zero-order valence-corrected chi connectivity index (χ0v) is 12.3. The molecule has 1 aromatic rings. The second-order valence-electron chi connectivity index (χ2n) is 5.96. The maximum Gasteiger partial charge on any atom is 0.151 e. The number of sulfone groups is 1. The third-order valence-electron chi connectivity index (χ3n) is 4.28. The lowest BCUT2D eigenvalue weighted by atomic mass is 10.00. The van der Waals surface area contributed by atoms with Crippen LogP contribution in [0.25, 0.3) is 0 Å². The van der Waals surface area contributed by atoms with Crippen molar-refractivity contribution in [2.24, 2.45) is 5.92 Å². The normalized spacial score (nSPS) is 29.1. The fraction of sp³-hybridized carbons (Fsp3) is 0.846. The van der Waals surface area contributed by atoms with Gasteiger partial charge in [-0.05, 0) is 31.6 Å². The van der Waals surface area contributed by atoms with Crippen LogP contribution in [0.2, 0.25) is 0 Å². The molecule has 112 valence electrons.